The zero-order chi connectivity index (χ0) is 15.1. The van der Waals surface area contributed by atoms with Gasteiger partial charge in [-0.15, -0.1) is 0 Å². The summed E-state index contributed by atoms with van der Waals surface area (Å²) in [6, 6.07) is 14.6. The second kappa shape index (κ2) is 5.14. The fourth-order valence-corrected chi connectivity index (χ4v) is 3.32. The van der Waals surface area contributed by atoms with E-state index < -0.39 is 0 Å². The molecule has 1 fully saturated rings. The largest absolute Gasteiger partial charge is 0.351 e. The average Bonchev–Trinajstić information content (AvgIpc) is 3.13. The van der Waals surface area contributed by atoms with E-state index in [2.05, 4.69) is 40.4 Å². The van der Waals surface area contributed by atoms with Crippen molar-refractivity contribution in [3.05, 3.63) is 48.2 Å². The minimum absolute atomic E-state index is 0.0134. The predicted molar refractivity (Wildman–Crippen MR) is 89.2 cm³/mol. The maximum absolute atomic E-state index is 12.5. The van der Waals surface area contributed by atoms with Crippen molar-refractivity contribution < 1.29 is 4.79 Å². The molecule has 4 nitrogen and oxygen atoms in total. The number of hydrogen-bond acceptors (Lipinski definition) is 2. The Bertz CT molecular complexity index is 852. The van der Waals surface area contributed by atoms with Crippen LogP contribution in [0, 0.1) is 0 Å². The first-order chi connectivity index (χ1) is 10.7. The molecule has 112 valence electrons. The van der Waals surface area contributed by atoms with Gasteiger partial charge in [0.1, 0.15) is 5.69 Å². The van der Waals surface area contributed by atoms with Crippen molar-refractivity contribution in [2.45, 2.75) is 12.5 Å². The number of amides is 1. The van der Waals surface area contributed by atoms with Gasteiger partial charge in [0, 0.05) is 23.5 Å². The van der Waals surface area contributed by atoms with E-state index in [1.54, 1.807) is 0 Å². The average molecular weight is 293 g/mol. The summed E-state index contributed by atoms with van der Waals surface area (Å²) in [5.74, 6) is -0.0134. The first-order valence-corrected chi connectivity index (χ1v) is 7.70. The van der Waals surface area contributed by atoms with E-state index in [4.69, 9.17) is 0 Å². The van der Waals surface area contributed by atoms with Crippen molar-refractivity contribution >= 4 is 27.6 Å². The van der Waals surface area contributed by atoms with Gasteiger partial charge in [0.2, 0.25) is 0 Å². The van der Waals surface area contributed by atoms with Crippen LogP contribution in [-0.2, 0) is 0 Å². The van der Waals surface area contributed by atoms with Gasteiger partial charge in [0.25, 0.3) is 5.91 Å². The van der Waals surface area contributed by atoms with Gasteiger partial charge in [-0.25, -0.2) is 0 Å². The zero-order valence-corrected chi connectivity index (χ0v) is 12.6. The van der Waals surface area contributed by atoms with Crippen LogP contribution in [0.1, 0.15) is 16.9 Å². The Balaban J connectivity index is 1.67. The number of aromatic nitrogens is 1. The number of nitrogens with one attached hydrogen (secondary N) is 2. The maximum atomic E-state index is 12.5. The lowest BCUT2D eigenvalue weighted by molar-refractivity contribution is 0.0934. The van der Waals surface area contributed by atoms with Crippen molar-refractivity contribution in [1.82, 2.24) is 15.2 Å². The molecule has 0 bridgehead atoms. The summed E-state index contributed by atoms with van der Waals surface area (Å²) in [7, 11) is 2.08. The second-order valence-electron chi connectivity index (χ2n) is 6.15. The standard InChI is InChI=1S/C18H19N3O/c1-21-9-8-13(11-21)19-18(22)17-10-15-14-5-3-2-4-12(14)6-7-16(15)20-17/h2-7,10,13,20H,8-9,11H2,1H3,(H,19,22). The molecule has 1 aliphatic heterocycles. The SMILES string of the molecule is CN1CCC(NC(=O)c2cc3c(ccc4ccccc43)[nH]2)C1. The van der Waals surface area contributed by atoms with Crippen molar-refractivity contribution in [1.29, 1.82) is 0 Å². The Morgan fingerprint density at radius 1 is 1.23 bits per heavy atom. The van der Waals surface area contributed by atoms with Gasteiger partial charge in [-0.1, -0.05) is 30.3 Å². The molecule has 0 aliphatic carbocycles. The topological polar surface area (TPSA) is 48.1 Å². The number of hydrogen-bond donors (Lipinski definition) is 2. The third-order valence-corrected chi connectivity index (χ3v) is 4.50. The second-order valence-corrected chi connectivity index (χ2v) is 6.15. The number of nitrogens with zero attached hydrogens (tertiary/aromatic N) is 1. The molecule has 22 heavy (non-hydrogen) atoms. The number of H-pyrrole nitrogens is 1. The number of fused-ring (bicyclic) bond motifs is 3. The van der Waals surface area contributed by atoms with E-state index in [9.17, 15) is 4.79 Å². The molecule has 2 aromatic carbocycles. The van der Waals surface area contributed by atoms with Crippen molar-refractivity contribution in [2.75, 3.05) is 20.1 Å². The molecule has 0 spiro atoms. The van der Waals surface area contributed by atoms with Crippen molar-refractivity contribution in [3.8, 4) is 0 Å². The molecule has 1 saturated heterocycles. The lowest BCUT2D eigenvalue weighted by atomic mass is 10.1. The smallest absolute Gasteiger partial charge is 0.267 e. The highest BCUT2D eigenvalue weighted by molar-refractivity contribution is 6.09. The summed E-state index contributed by atoms with van der Waals surface area (Å²) in [6.45, 7) is 1.97. The number of likely N-dealkylation sites (tertiary alicyclic amines) is 1. The number of aromatic amines is 1. The number of rotatable bonds is 2. The van der Waals surface area contributed by atoms with Gasteiger partial charge in [-0.05, 0) is 42.9 Å². The van der Waals surface area contributed by atoms with Crippen LogP contribution in [0.25, 0.3) is 21.7 Å². The number of likely N-dealkylation sites (N-methyl/N-ethyl adjacent to an activating group) is 1. The van der Waals surface area contributed by atoms with Crippen molar-refractivity contribution in [3.63, 3.8) is 0 Å². The van der Waals surface area contributed by atoms with Gasteiger partial charge in [-0.3, -0.25) is 4.79 Å². The van der Waals surface area contributed by atoms with Crippen molar-refractivity contribution in [2.24, 2.45) is 0 Å². The Morgan fingerprint density at radius 2 is 2.09 bits per heavy atom. The molecular weight excluding hydrogens is 274 g/mol. The van der Waals surface area contributed by atoms with Crippen LogP contribution < -0.4 is 5.32 Å². The van der Waals surface area contributed by atoms with Gasteiger partial charge in [-0.2, -0.15) is 0 Å². The van der Waals surface area contributed by atoms with Gasteiger partial charge < -0.3 is 15.2 Å². The molecule has 0 radical (unpaired) electrons. The highest BCUT2D eigenvalue weighted by Crippen LogP contribution is 2.26. The molecule has 4 rings (SSSR count). The van der Waals surface area contributed by atoms with Crippen LogP contribution in [0.2, 0.25) is 0 Å². The monoisotopic (exact) mass is 293 g/mol. The summed E-state index contributed by atoms with van der Waals surface area (Å²) in [5, 5.41) is 6.60. The van der Waals surface area contributed by atoms with E-state index >= 15 is 0 Å². The van der Waals surface area contributed by atoms with E-state index in [0.717, 1.165) is 30.4 Å². The van der Waals surface area contributed by atoms with Crippen LogP contribution in [0.4, 0.5) is 0 Å². The van der Waals surface area contributed by atoms with Crippen LogP contribution in [0.3, 0.4) is 0 Å². The first-order valence-electron chi connectivity index (χ1n) is 7.70. The van der Waals surface area contributed by atoms with E-state index in [-0.39, 0.29) is 11.9 Å². The summed E-state index contributed by atoms with van der Waals surface area (Å²) >= 11 is 0. The molecule has 1 amide bonds. The third kappa shape index (κ3) is 2.25. The predicted octanol–water partition coefficient (Wildman–Crippen LogP) is 2.75. The highest BCUT2D eigenvalue weighted by Gasteiger charge is 2.22. The molecule has 1 aromatic heterocycles. The molecule has 1 unspecified atom stereocenters. The maximum Gasteiger partial charge on any atom is 0.267 e. The summed E-state index contributed by atoms with van der Waals surface area (Å²) in [6.07, 6.45) is 1.02. The fourth-order valence-electron chi connectivity index (χ4n) is 3.32. The number of carbonyl (C=O) groups is 1. The van der Waals surface area contributed by atoms with E-state index in [0.29, 0.717) is 5.69 Å². The van der Waals surface area contributed by atoms with Gasteiger partial charge >= 0.3 is 0 Å². The molecule has 3 aromatic rings. The zero-order valence-electron chi connectivity index (χ0n) is 12.6. The van der Waals surface area contributed by atoms with E-state index in [1.165, 1.54) is 10.8 Å². The lowest BCUT2D eigenvalue weighted by Crippen LogP contribution is -2.36. The van der Waals surface area contributed by atoms with Gasteiger partial charge in [0.05, 0.1) is 0 Å². The molecule has 1 aliphatic rings. The molecule has 1 atom stereocenters. The number of benzene rings is 2. The summed E-state index contributed by atoms with van der Waals surface area (Å²) in [4.78, 5) is 17.9. The molecular formula is C18H19N3O. The quantitative estimate of drug-likeness (QED) is 0.763. The van der Waals surface area contributed by atoms with Crippen LogP contribution in [0.15, 0.2) is 42.5 Å². The third-order valence-electron chi connectivity index (χ3n) is 4.50. The Kier molecular flexibility index (Phi) is 3.12. The normalized spacial score (nSPS) is 19.0. The molecule has 0 saturated carbocycles. The van der Waals surface area contributed by atoms with Crippen LogP contribution in [-0.4, -0.2) is 42.0 Å². The van der Waals surface area contributed by atoms with Gasteiger partial charge in [0.15, 0.2) is 0 Å². The minimum Gasteiger partial charge on any atom is -0.351 e. The Morgan fingerprint density at radius 3 is 2.91 bits per heavy atom. The Hall–Kier alpha value is -2.33. The minimum atomic E-state index is -0.0134. The van der Waals surface area contributed by atoms with E-state index in [1.807, 2.05) is 24.3 Å². The number of carbonyl (C=O) groups excluding carboxylic acids is 1. The highest BCUT2D eigenvalue weighted by atomic mass is 16.1. The molecule has 4 heteroatoms. The lowest BCUT2D eigenvalue weighted by Gasteiger charge is -2.11. The van der Waals surface area contributed by atoms with Crippen LogP contribution >= 0.6 is 0 Å². The Labute approximate surface area is 129 Å². The molecule has 2 heterocycles. The summed E-state index contributed by atoms with van der Waals surface area (Å²) < 4.78 is 0. The molecule has 2 N–H and O–H groups in total. The first kappa shape index (κ1) is 13.3. The van der Waals surface area contributed by atoms with Crippen LogP contribution in [0.5, 0.6) is 0 Å². The summed E-state index contributed by atoms with van der Waals surface area (Å²) in [5.41, 5.74) is 1.65. The fraction of sp³-hybridized carbons (Fsp3) is 0.278.